The van der Waals surface area contributed by atoms with E-state index in [1.807, 2.05) is 31.0 Å². The minimum Gasteiger partial charge on any atom is -0.342 e. The molecule has 4 heteroatoms. The fourth-order valence-electron chi connectivity index (χ4n) is 2.45. The van der Waals surface area contributed by atoms with Crippen LogP contribution in [0.1, 0.15) is 50.0 Å². The van der Waals surface area contributed by atoms with Gasteiger partial charge in [0.1, 0.15) is 5.82 Å². The predicted molar refractivity (Wildman–Crippen MR) is 70.2 cm³/mol. The summed E-state index contributed by atoms with van der Waals surface area (Å²) in [6.45, 7) is 5.69. The average Bonchev–Trinajstić information content (AvgIpc) is 2.39. The molecule has 18 heavy (non-hydrogen) atoms. The lowest BCUT2D eigenvalue weighted by Crippen LogP contribution is -2.39. The maximum atomic E-state index is 11.9. The summed E-state index contributed by atoms with van der Waals surface area (Å²) < 4.78 is 0. The van der Waals surface area contributed by atoms with Gasteiger partial charge in [-0.05, 0) is 32.3 Å². The summed E-state index contributed by atoms with van der Waals surface area (Å²) in [6.07, 6.45) is 5.52. The van der Waals surface area contributed by atoms with Crippen molar-refractivity contribution in [2.24, 2.45) is 0 Å². The van der Waals surface area contributed by atoms with E-state index in [9.17, 15) is 4.79 Å². The number of carbonyl (C=O) groups is 1. The molecule has 1 atom stereocenters. The van der Waals surface area contributed by atoms with Crippen molar-refractivity contribution >= 4 is 5.91 Å². The summed E-state index contributed by atoms with van der Waals surface area (Å²) in [4.78, 5) is 22.7. The number of piperidine rings is 1. The third-order valence-electron chi connectivity index (χ3n) is 3.42. The Morgan fingerprint density at radius 1 is 1.56 bits per heavy atom. The molecule has 0 N–H and O–H groups in total. The molecule has 1 aliphatic rings. The van der Waals surface area contributed by atoms with Crippen LogP contribution in [0.25, 0.3) is 0 Å². The first-order valence-corrected chi connectivity index (χ1v) is 6.78. The van der Waals surface area contributed by atoms with E-state index in [2.05, 4.69) is 9.97 Å². The van der Waals surface area contributed by atoms with Crippen LogP contribution in [-0.4, -0.2) is 33.9 Å². The number of nitrogens with zero attached hydrogens (tertiary/aromatic N) is 3. The first-order chi connectivity index (χ1) is 8.70. The molecule has 1 fully saturated rings. The fourth-order valence-corrected chi connectivity index (χ4v) is 2.45. The van der Waals surface area contributed by atoms with Crippen LogP contribution in [0.15, 0.2) is 12.3 Å². The molecule has 4 nitrogen and oxygen atoms in total. The summed E-state index contributed by atoms with van der Waals surface area (Å²) in [5, 5.41) is 0. The molecular formula is C14H21N3O. The summed E-state index contributed by atoms with van der Waals surface area (Å²) >= 11 is 0. The van der Waals surface area contributed by atoms with E-state index in [4.69, 9.17) is 0 Å². The highest BCUT2D eigenvalue weighted by Gasteiger charge is 2.25. The van der Waals surface area contributed by atoms with Crippen LogP contribution in [0.5, 0.6) is 0 Å². The van der Waals surface area contributed by atoms with Crippen molar-refractivity contribution in [1.82, 2.24) is 14.9 Å². The van der Waals surface area contributed by atoms with Crippen LogP contribution in [0.3, 0.4) is 0 Å². The Morgan fingerprint density at radius 2 is 2.39 bits per heavy atom. The Bertz CT molecular complexity index is 419. The molecule has 0 aromatic carbocycles. The predicted octanol–water partition coefficient (Wildman–Crippen LogP) is 2.29. The highest BCUT2D eigenvalue weighted by Crippen LogP contribution is 2.24. The molecule has 0 radical (unpaired) electrons. The van der Waals surface area contributed by atoms with E-state index in [0.717, 1.165) is 43.9 Å². The highest BCUT2D eigenvalue weighted by atomic mass is 16.2. The third-order valence-corrected chi connectivity index (χ3v) is 3.42. The van der Waals surface area contributed by atoms with Gasteiger partial charge in [-0.1, -0.05) is 6.92 Å². The summed E-state index contributed by atoms with van der Waals surface area (Å²) in [5.74, 6) is 1.47. The molecule has 0 spiro atoms. The zero-order chi connectivity index (χ0) is 13.0. The normalized spacial score (nSPS) is 19.9. The van der Waals surface area contributed by atoms with Gasteiger partial charge < -0.3 is 4.90 Å². The van der Waals surface area contributed by atoms with Gasteiger partial charge in [-0.3, -0.25) is 4.79 Å². The molecule has 0 bridgehead atoms. The number of likely N-dealkylation sites (tertiary alicyclic amines) is 1. The second-order valence-electron chi connectivity index (χ2n) is 4.99. The number of carbonyl (C=O) groups excluding carboxylic acids is 1. The van der Waals surface area contributed by atoms with Gasteiger partial charge in [0, 0.05) is 37.3 Å². The van der Waals surface area contributed by atoms with Crippen molar-refractivity contribution in [2.45, 2.75) is 45.4 Å². The topological polar surface area (TPSA) is 46.1 Å². The number of rotatable bonds is 3. The van der Waals surface area contributed by atoms with Crippen LogP contribution < -0.4 is 0 Å². The van der Waals surface area contributed by atoms with Crippen LogP contribution in [0.4, 0.5) is 0 Å². The molecule has 1 aromatic rings. The monoisotopic (exact) mass is 247 g/mol. The summed E-state index contributed by atoms with van der Waals surface area (Å²) in [6, 6.07) is 1.91. The van der Waals surface area contributed by atoms with Gasteiger partial charge in [0.2, 0.25) is 5.91 Å². The van der Waals surface area contributed by atoms with Crippen LogP contribution in [0.2, 0.25) is 0 Å². The minimum atomic E-state index is 0.273. The van der Waals surface area contributed by atoms with Crippen LogP contribution in [0, 0.1) is 6.92 Å². The third kappa shape index (κ3) is 3.06. The molecular weight excluding hydrogens is 226 g/mol. The maximum Gasteiger partial charge on any atom is 0.222 e. The van der Waals surface area contributed by atoms with Gasteiger partial charge in [-0.2, -0.15) is 0 Å². The van der Waals surface area contributed by atoms with Crippen molar-refractivity contribution in [3.8, 4) is 0 Å². The Balaban J connectivity index is 2.04. The summed E-state index contributed by atoms with van der Waals surface area (Å²) in [7, 11) is 0. The van der Waals surface area contributed by atoms with E-state index in [-0.39, 0.29) is 5.91 Å². The maximum absolute atomic E-state index is 11.9. The highest BCUT2D eigenvalue weighted by molar-refractivity contribution is 5.76. The molecule has 0 unspecified atom stereocenters. The van der Waals surface area contributed by atoms with Gasteiger partial charge in [-0.15, -0.1) is 0 Å². The summed E-state index contributed by atoms with van der Waals surface area (Å²) in [5.41, 5.74) is 0.997. The fraction of sp³-hybridized carbons (Fsp3) is 0.643. The van der Waals surface area contributed by atoms with Crippen LogP contribution >= 0.6 is 0 Å². The van der Waals surface area contributed by atoms with Crippen molar-refractivity contribution in [1.29, 1.82) is 0 Å². The number of aryl methyl sites for hydroxylation is 1. The van der Waals surface area contributed by atoms with Gasteiger partial charge in [0.05, 0.1) is 0 Å². The first kappa shape index (κ1) is 13.0. The smallest absolute Gasteiger partial charge is 0.222 e. The Morgan fingerprint density at radius 3 is 3.11 bits per heavy atom. The van der Waals surface area contributed by atoms with Gasteiger partial charge in [-0.25, -0.2) is 9.97 Å². The van der Waals surface area contributed by atoms with Crippen molar-refractivity contribution in [2.75, 3.05) is 13.1 Å². The number of amides is 1. The largest absolute Gasteiger partial charge is 0.342 e. The first-order valence-electron chi connectivity index (χ1n) is 6.78. The van der Waals surface area contributed by atoms with E-state index >= 15 is 0 Å². The lowest BCUT2D eigenvalue weighted by Gasteiger charge is -2.32. The SMILES string of the molecule is CCCC(=O)N1CCC[C@H](c2nccc(C)n2)C1. The molecule has 2 heterocycles. The van der Waals surface area contributed by atoms with E-state index < -0.39 is 0 Å². The minimum absolute atomic E-state index is 0.273. The molecule has 1 saturated heterocycles. The lowest BCUT2D eigenvalue weighted by molar-refractivity contribution is -0.132. The Kier molecular flexibility index (Phi) is 4.28. The standard InChI is InChI=1S/C14H21N3O/c1-3-5-13(18)17-9-4-6-12(10-17)14-15-8-7-11(2)16-14/h7-8,12H,3-6,9-10H2,1-2H3/t12-/m0/s1. The zero-order valence-electron chi connectivity index (χ0n) is 11.2. The molecule has 0 aliphatic carbocycles. The molecule has 0 saturated carbocycles. The average molecular weight is 247 g/mol. The Labute approximate surface area is 108 Å². The molecule has 2 rings (SSSR count). The Hall–Kier alpha value is -1.45. The molecule has 1 aliphatic heterocycles. The van der Waals surface area contributed by atoms with Gasteiger partial charge in [0.15, 0.2) is 0 Å². The number of hydrogen-bond acceptors (Lipinski definition) is 3. The zero-order valence-corrected chi connectivity index (χ0v) is 11.2. The van der Waals surface area contributed by atoms with E-state index in [1.165, 1.54) is 0 Å². The molecule has 98 valence electrons. The van der Waals surface area contributed by atoms with E-state index in [1.54, 1.807) is 0 Å². The number of aromatic nitrogens is 2. The molecule has 1 aromatic heterocycles. The van der Waals surface area contributed by atoms with E-state index in [0.29, 0.717) is 12.3 Å². The lowest BCUT2D eigenvalue weighted by atomic mass is 9.96. The van der Waals surface area contributed by atoms with Crippen molar-refractivity contribution in [3.05, 3.63) is 23.8 Å². The number of hydrogen-bond donors (Lipinski definition) is 0. The second-order valence-corrected chi connectivity index (χ2v) is 4.99. The quantitative estimate of drug-likeness (QED) is 0.823. The van der Waals surface area contributed by atoms with Gasteiger partial charge in [0.25, 0.3) is 0 Å². The molecule has 1 amide bonds. The van der Waals surface area contributed by atoms with Crippen molar-refractivity contribution < 1.29 is 4.79 Å². The van der Waals surface area contributed by atoms with Crippen molar-refractivity contribution in [3.63, 3.8) is 0 Å². The van der Waals surface area contributed by atoms with Crippen LogP contribution in [-0.2, 0) is 4.79 Å². The second kappa shape index (κ2) is 5.94. The van der Waals surface area contributed by atoms with Gasteiger partial charge >= 0.3 is 0 Å².